The van der Waals surface area contributed by atoms with Gasteiger partial charge in [0.25, 0.3) is 0 Å². The molecule has 0 N–H and O–H groups in total. The molecule has 0 aliphatic carbocycles. The summed E-state index contributed by atoms with van der Waals surface area (Å²) >= 11 is 0. The number of alkyl halides is 5. The van der Waals surface area contributed by atoms with Crippen molar-refractivity contribution in [1.29, 1.82) is 0 Å². The van der Waals surface area contributed by atoms with Crippen molar-refractivity contribution in [2.45, 2.75) is 12.8 Å². The number of carbonyl (C=O) groups is 1. The smallest absolute Gasteiger partial charge is 0.416 e. The van der Waals surface area contributed by atoms with E-state index in [2.05, 4.69) is 4.74 Å². The van der Waals surface area contributed by atoms with Gasteiger partial charge in [-0.15, -0.1) is 0 Å². The minimum absolute atomic E-state index is 0.171. The van der Waals surface area contributed by atoms with E-state index in [1.165, 1.54) is 24.3 Å². The summed E-state index contributed by atoms with van der Waals surface area (Å²) < 4.78 is 66.6. The van der Waals surface area contributed by atoms with Gasteiger partial charge in [0.05, 0.1) is 11.1 Å². The van der Waals surface area contributed by atoms with Crippen LogP contribution in [0.5, 0.6) is 5.75 Å². The van der Waals surface area contributed by atoms with Crippen LogP contribution in [0.1, 0.15) is 15.9 Å². The van der Waals surface area contributed by atoms with Crippen LogP contribution >= 0.6 is 0 Å². The number of aldehydes is 1. The third-order valence-corrected chi connectivity index (χ3v) is 2.88. The molecule has 0 heterocycles. The second-order valence-corrected chi connectivity index (χ2v) is 4.33. The lowest BCUT2D eigenvalue weighted by Gasteiger charge is -2.11. The molecule has 0 fully saturated rings. The average Bonchev–Trinajstić information content (AvgIpc) is 2.46. The van der Waals surface area contributed by atoms with Crippen LogP contribution in [0.15, 0.2) is 42.5 Å². The van der Waals surface area contributed by atoms with E-state index in [9.17, 15) is 26.7 Å². The van der Waals surface area contributed by atoms with Gasteiger partial charge >= 0.3 is 12.8 Å². The molecule has 0 amide bonds. The first-order valence-corrected chi connectivity index (χ1v) is 6.03. The Hall–Kier alpha value is -2.44. The Kier molecular flexibility index (Phi) is 4.44. The molecule has 0 bridgehead atoms. The molecule has 0 unspecified atom stereocenters. The third-order valence-electron chi connectivity index (χ3n) is 2.88. The van der Waals surface area contributed by atoms with E-state index in [-0.39, 0.29) is 22.4 Å². The van der Waals surface area contributed by atoms with E-state index in [1.807, 2.05) is 0 Å². The van der Waals surface area contributed by atoms with Gasteiger partial charge in [0.15, 0.2) is 6.29 Å². The van der Waals surface area contributed by atoms with Gasteiger partial charge in [0.1, 0.15) is 5.75 Å². The molecule has 7 heteroatoms. The van der Waals surface area contributed by atoms with Crippen molar-refractivity contribution in [3.63, 3.8) is 0 Å². The first kappa shape index (κ1) is 15.9. The van der Waals surface area contributed by atoms with Crippen molar-refractivity contribution in [1.82, 2.24) is 0 Å². The zero-order valence-electron chi connectivity index (χ0n) is 10.9. The number of carbonyl (C=O) groups excluding carboxylic acids is 1. The molecule has 0 aromatic heterocycles. The number of hydrogen-bond acceptors (Lipinski definition) is 2. The standard InChI is InChI=1S/C15H9F5O2/c16-14(17)22-13-5-4-10(6-11(13)8-21)9-2-1-3-12(7-9)15(18,19)20/h1-8,14H. The van der Waals surface area contributed by atoms with Crippen LogP contribution < -0.4 is 4.74 Å². The van der Waals surface area contributed by atoms with Crippen molar-refractivity contribution < 1.29 is 31.5 Å². The molecule has 0 aliphatic rings. The van der Waals surface area contributed by atoms with Crippen molar-refractivity contribution in [3.8, 4) is 16.9 Å². The highest BCUT2D eigenvalue weighted by molar-refractivity contribution is 5.83. The van der Waals surface area contributed by atoms with Gasteiger partial charge in [-0.1, -0.05) is 18.2 Å². The molecular formula is C15H9F5O2. The molecule has 0 aliphatic heterocycles. The van der Waals surface area contributed by atoms with Gasteiger partial charge in [0, 0.05) is 0 Å². The SMILES string of the molecule is O=Cc1cc(-c2cccc(C(F)(F)F)c2)ccc1OC(F)F. The largest absolute Gasteiger partial charge is 0.434 e. The summed E-state index contributed by atoms with van der Waals surface area (Å²) in [5.74, 6) is -0.333. The number of benzene rings is 2. The summed E-state index contributed by atoms with van der Waals surface area (Å²) in [5, 5.41) is 0. The number of rotatable bonds is 4. The van der Waals surface area contributed by atoms with Crippen molar-refractivity contribution in [2.75, 3.05) is 0 Å². The average molecular weight is 316 g/mol. The molecule has 116 valence electrons. The van der Waals surface area contributed by atoms with Crippen LogP contribution in [0.2, 0.25) is 0 Å². The second-order valence-electron chi connectivity index (χ2n) is 4.33. The van der Waals surface area contributed by atoms with Gasteiger partial charge in [-0.2, -0.15) is 22.0 Å². The van der Waals surface area contributed by atoms with Gasteiger partial charge in [0.2, 0.25) is 0 Å². The Balaban J connectivity index is 2.43. The highest BCUT2D eigenvalue weighted by atomic mass is 19.4. The minimum Gasteiger partial charge on any atom is -0.434 e. The first-order valence-electron chi connectivity index (χ1n) is 6.03. The van der Waals surface area contributed by atoms with Gasteiger partial charge in [-0.3, -0.25) is 4.79 Å². The maximum absolute atomic E-state index is 12.7. The van der Waals surface area contributed by atoms with E-state index in [4.69, 9.17) is 0 Å². The zero-order valence-corrected chi connectivity index (χ0v) is 10.9. The highest BCUT2D eigenvalue weighted by Crippen LogP contribution is 2.33. The molecule has 0 radical (unpaired) electrons. The van der Waals surface area contributed by atoms with Crippen LogP contribution in [0, 0.1) is 0 Å². The Morgan fingerprint density at radius 1 is 1.00 bits per heavy atom. The molecule has 0 atom stereocenters. The lowest BCUT2D eigenvalue weighted by molar-refractivity contribution is -0.137. The number of hydrogen-bond donors (Lipinski definition) is 0. The summed E-state index contributed by atoms with van der Waals surface area (Å²) in [6.07, 6.45) is -4.20. The normalized spacial score (nSPS) is 11.5. The molecule has 0 saturated carbocycles. The van der Waals surface area contributed by atoms with Gasteiger partial charge in [-0.05, 0) is 35.4 Å². The molecule has 22 heavy (non-hydrogen) atoms. The molecule has 0 spiro atoms. The van der Waals surface area contributed by atoms with Gasteiger partial charge < -0.3 is 4.74 Å². The summed E-state index contributed by atoms with van der Waals surface area (Å²) in [7, 11) is 0. The Morgan fingerprint density at radius 2 is 1.68 bits per heavy atom. The fourth-order valence-corrected chi connectivity index (χ4v) is 1.90. The summed E-state index contributed by atoms with van der Waals surface area (Å²) in [6.45, 7) is -3.10. The second kappa shape index (κ2) is 6.13. The van der Waals surface area contributed by atoms with E-state index in [0.717, 1.165) is 18.2 Å². The van der Waals surface area contributed by atoms with E-state index in [1.54, 1.807) is 0 Å². The topological polar surface area (TPSA) is 26.3 Å². The van der Waals surface area contributed by atoms with Crippen LogP contribution in [-0.4, -0.2) is 12.9 Å². The maximum Gasteiger partial charge on any atom is 0.416 e. The molecule has 2 rings (SSSR count). The predicted octanol–water partition coefficient (Wildman–Crippen LogP) is 4.79. The zero-order chi connectivity index (χ0) is 16.3. The Morgan fingerprint density at radius 3 is 2.27 bits per heavy atom. The quantitative estimate of drug-likeness (QED) is 0.599. The fourth-order valence-electron chi connectivity index (χ4n) is 1.90. The fraction of sp³-hybridized carbons (Fsp3) is 0.133. The predicted molar refractivity (Wildman–Crippen MR) is 68.9 cm³/mol. The maximum atomic E-state index is 12.7. The van der Waals surface area contributed by atoms with E-state index in [0.29, 0.717) is 6.29 Å². The summed E-state index contributed by atoms with van der Waals surface area (Å²) in [5.41, 5.74) is -0.517. The lowest BCUT2D eigenvalue weighted by atomic mass is 10.0. The lowest BCUT2D eigenvalue weighted by Crippen LogP contribution is -2.05. The summed E-state index contributed by atoms with van der Waals surface area (Å²) in [6, 6.07) is 8.09. The molecular weight excluding hydrogens is 307 g/mol. The van der Waals surface area contributed by atoms with Crippen molar-refractivity contribution >= 4 is 6.29 Å². The monoisotopic (exact) mass is 316 g/mol. The van der Waals surface area contributed by atoms with Crippen molar-refractivity contribution in [2.24, 2.45) is 0 Å². The number of halogens is 5. The molecule has 0 saturated heterocycles. The third kappa shape index (κ3) is 3.60. The van der Waals surface area contributed by atoms with E-state index >= 15 is 0 Å². The molecule has 2 aromatic rings. The highest BCUT2D eigenvalue weighted by Gasteiger charge is 2.30. The Labute approximate surface area is 122 Å². The minimum atomic E-state index is -4.50. The van der Waals surface area contributed by atoms with Crippen molar-refractivity contribution in [3.05, 3.63) is 53.6 Å². The van der Waals surface area contributed by atoms with Crippen LogP contribution in [0.25, 0.3) is 11.1 Å². The number of ether oxygens (including phenoxy) is 1. The van der Waals surface area contributed by atoms with E-state index < -0.39 is 18.4 Å². The van der Waals surface area contributed by atoms with Gasteiger partial charge in [-0.25, -0.2) is 0 Å². The Bertz CT molecular complexity index is 680. The van der Waals surface area contributed by atoms with Crippen LogP contribution in [0.4, 0.5) is 22.0 Å². The summed E-state index contributed by atoms with van der Waals surface area (Å²) in [4.78, 5) is 10.9. The molecule has 2 nitrogen and oxygen atoms in total. The molecule has 2 aromatic carbocycles. The van der Waals surface area contributed by atoms with Crippen LogP contribution in [0.3, 0.4) is 0 Å². The van der Waals surface area contributed by atoms with Crippen LogP contribution in [-0.2, 0) is 6.18 Å². The first-order chi connectivity index (χ1) is 10.3.